The van der Waals surface area contributed by atoms with Crippen LogP contribution in [-0.4, -0.2) is 36.0 Å². The summed E-state index contributed by atoms with van der Waals surface area (Å²) in [6, 6.07) is 4.99. The van der Waals surface area contributed by atoms with Gasteiger partial charge in [-0.05, 0) is 56.2 Å². The van der Waals surface area contributed by atoms with Crippen molar-refractivity contribution < 1.29 is 12.9 Å². The van der Waals surface area contributed by atoms with E-state index in [0.29, 0.717) is 46.8 Å². The summed E-state index contributed by atoms with van der Waals surface area (Å²) in [4.78, 5) is 4.77. The summed E-state index contributed by atoms with van der Waals surface area (Å²) in [6.45, 7) is 2.79. The maximum absolute atomic E-state index is 13.1. The summed E-state index contributed by atoms with van der Waals surface area (Å²) < 4.78 is 33.1. The first-order chi connectivity index (χ1) is 12.4. The monoisotopic (exact) mass is 395 g/mol. The van der Waals surface area contributed by atoms with Crippen LogP contribution in [0.1, 0.15) is 48.9 Å². The summed E-state index contributed by atoms with van der Waals surface area (Å²) in [7, 11) is -3.56. The molecule has 4 rings (SSSR count). The van der Waals surface area contributed by atoms with E-state index in [1.165, 1.54) is 6.07 Å². The van der Waals surface area contributed by atoms with Gasteiger partial charge in [0.25, 0.3) is 0 Å². The van der Waals surface area contributed by atoms with Crippen LogP contribution < -0.4 is 0 Å². The third-order valence-electron chi connectivity index (χ3n) is 5.14. The molecular formula is C18H22ClN3O3S. The molecule has 0 N–H and O–H groups in total. The SMILES string of the molecule is Cc1ccc(Cl)cc1S(=O)(=O)N1CCCC(Cc2nc(C3CC3)no2)C1. The highest BCUT2D eigenvalue weighted by Gasteiger charge is 2.33. The minimum Gasteiger partial charge on any atom is -0.339 e. The van der Waals surface area contributed by atoms with Crippen LogP contribution in [0.5, 0.6) is 0 Å². The fraction of sp³-hybridized carbons (Fsp3) is 0.556. The normalized spacial score (nSPS) is 21.8. The highest BCUT2D eigenvalue weighted by Crippen LogP contribution is 2.38. The molecule has 26 heavy (non-hydrogen) atoms. The molecular weight excluding hydrogens is 374 g/mol. The first kappa shape index (κ1) is 17.9. The van der Waals surface area contributed by atoms with Crippen molar-refractivity contribution in [3.8, 4) is 0 Å². The van der Waals surface area contributed by atoms with Gasteiger partial charge >= 0.3 is 0 Å². The minimum atomic E-state index is -3.56. The van der Waals surface area contributed by atoms with Crippen molar-refractivity contribution in [1.82, 2.24) is 14.4 Å². The first-order valence-corrected chi connectivity index (χ1v) is 10.8. The maximum atomic E-state index is 13.1. The Hall–Kier alpha value is -1.44. The molecule has 0 radical (unpaired) electrons. The number of benzene rings is 1. The van der Waals surface area contributed by atoms with E-state index in [1.54, 1.807) is 23.4 Å². The molecule has 6 nitrogen and oxygen atoms in total. The summed E-state index contributed by atoms with van der Waals surface area (Å²) in [6.07, 6.45) is 4.68. The van der Waals surface area contributed by atoms with Gasteiger partial charge in [0.2, 0.25) is 15.9 Å². The molecule has 2 aliphatic rings. The number of piperidine rings is 1. The number of rotatable bonds is 5. The number of sulfonamides is 1. The van der Waals surface area contributed by atoms with E-state index >= 15 is 0 Å². The molecule has 2 heterocycles. The Morgan fingerprint density at radius 2 is 2.12 bits per heavy atom. The second-order valence-electron chi connectivity index (χ2n) is 7.31. The minimum absolute atomic E-state index is 0.186. The topological polar surface area (TPSA) is 76.3 Å². The molecule has 8 heteroatoms. The van der Waals surface area contributed by atoms with Gasteiger partial charge in [0.15, 0.2) is 5.82 Å². The van der Waals surface area contributed by atoms with Crippen LogP contribution in [-0.2, 0) is 16.4 Å². The van der Waals surface area contributed by atoms with E-state index in [1.807, 2.05) is 0 Å². The largest absolute Gasteiger partial charge is 0.339 e. The molecule has 1 aromatic heterocycles. The van der Waals surface area contributed by atoms with Crippen molar-refractivity contribution in [3.05, 3.63) is 40.5 Å². The highest BCUT2D eigenvalue weighted by molar-refractivity contribution is 7.89. The third kappa shape index (κ3) is 3.66. The number of halogens is 1. The molecule has 2 fully saturated rings. The van der Waals surface area contributed by atoms with Gasteiger partial charge in [0, 0.05) is 30.5 Å². The van der Waals surface area contributed by atoms with E-state index in [0.717, 1.165) is 31.5 Å². The van der Waals surface area contributed by atoms with Crippen LogP contribution in [0.25, 0.3) is 0 Å². The molecule has 1 saturated heterocycles. The Kier molecular flexibility index (Phi) is 4.79. The lowest BCUT2D eigenvalue weighted by Gasteiger charge is -2.31. The van der Waals surface area contributed by atoms with Crippen LogP contribution >= 0.6 is 11.6 Å². The fourth-order valence-corrected chi connectivity index (χ4v) is 5.55. The van der Waals surface area contributed by atoms with E-state index in [-0.39, 0.29) is 5.92 Å². The number of aryl methyl sites for hydroxylation is 1. The zero-order valence-corrected chi connectivity index (χ0v) is 16.3. The van der Waals surface area contributed by atoms with Crippen LogP contribution in [0.2, 0.25) is 5.02 Å². The lowest BCUT2D eigenvalue weighted by molar-refractivity contribution is 0.246. The average Bonchev–Trinajstić information content (AvgIpc) is 3.37. The zero-order chi connectivity index (χ0) is 18.3. The van der Waals surface area contributed by atoms with Crippen LogP contribution in [0.4, 0.5) is 0 Å². The van der Waals surface area contributed by atoms with Crippen molar-refractivity contribution in [3.63, 3.8) is 0 Å². The number of aromatic nitrogens is 2. The molecule has 0 amide bonds. The lowest BCUT2D eigenvalue weighted by Crippen LogP contribution is -2.40. The Bertz CT molecular complexity index is 908. The molecule has 1 aliphatic heterocycles. The van der Waals surface area contributed by atoms with Gasteiger partial charge in [-0.2, -0.15) is 9.29 Å². The Morgan fingerprint density at radius 1 is 1.31 bits per heavy atom. The number of hydrogen-bond donors (Lipinski definition) is 0. The van der Waals surface area contributed by atoms with Crippen molar-refractivity contribution in [1.29, 1.82) is 0 Å². The summed E-state index contributed by atoms with van der Waals surface area (Å²) >= 11 is 6.02. The van der Waals surface area contributed by atoms with E-state index in [9.17, 15) is 8.42 Å². The van der Waals surface area contributed by atoms with Gasteiger partial charge in [0.1, 0.15) is 0 Å². The Morgan fingerprint density at radius 3 is 2.88 bits per heavy atom. The Balaban J connectivity index is 1.49. The van der Waals surface area contributed by atoms with E-state index in [4.69, 9.17) is 16.1 Å². The zero-order valence-electron chi connectivity index (χ0n) is 14.7. The highest BCUT2D eigenvalue weighted by atomic mass is 35.5. The third-order valence-corrected chi connectivity index (χ3v) is 7.38. The van der Waals surface area contributed by atoms with Gasteiger partial charge < -0.3 is 4.52 Å². The molecule has 0 spiro atoms. The van der Waals surface area contributed by atoms with Crippen molar-refractivity contribution in [2.75, 3.05) is 13.1 Å². The molecule has 140 valence electrons. The van der Waals surface area contributed by atoms with Gasteiger partial charge in [-0.15, -0.1) is 0 Å². The van der Waals surface area contributed by atoms with E-state index in [2.05, 4.69) is 10.1 Å². The Labute approximate surface area is 158 Å². The summed E-state index contributed by atoms with van der Waals surface area (Å²) in [5.74, 6) is 2.07. The predicted octanol–water partition coefficient (Wildman–Crippen LogP) is 3.55. The maximum Gasteiger partial charge on any atom is 0.243 e. The second-order valence-corrected chi connectivity index (χ2v) is 9.65. The quantitative estimate of drug-likeness (QED) is 0.773. The van der Waals surface area contributed by atoms with Gasteiger partial charge in [-0.25, -0.2) is 8.42 Å². The molecule has 0 bridgehead atoms. The molecule has 1 saturated carbocycles. The van der Waals surface area contributed by atoms with Gasteiger partial charge in [0.05, 0.1) is 4.90 Å². The smallest absolute Gasteiger partial charge is 0.243 e. The molecule has 1 aromatic carbocycles. The van der Waals surface area contributed by atoms with Crippen molar-refractivity contribution in [2.45, 2.75) is 49.8 Å². The van der Waals surface area contributed by atoms with Gasteiger partial charge in [-0.1, -0.05) is 22.8 Å². The predicted molar refractivity (Wildman–Crippen MR) is 97.6 cm³/mol. The van der Waals surface area contributed by atoms with Crippen LogP contribution in [0.3, 0.4) is 0 Å². The molecule has 2 aromatic rings. The van der Waals surface area contributed by atoms with Crippen LogP contribution in [0.15, 0.2) is 27.6 Å². The molecule has 1 atom stereocenters. The molecule has 1 aliphatic carbocycles. The second kappa shape index (κ2) is 6.94. The van der Waals surface area contributed by atoms with Crippen molar-refractivity contribution >= 4 is 21.6 Å². The van der Waals surface area contributed by atoms with Crippen LogP contribution in [0, 0.1) is 12.8 Å². The van der Waals surface area contributed by atoms with E-state index < -0.39 is 10.0 Å². The first-order valence-electron chi connectivity index (χ1n) is 9.02. The number of nitrogens with zero attached hydrogens (tertiary/aromatic N) is 3. The lowest BCUT2D eigenvalue weighted by atomic mass is 9.96. The van der Waals surface area contributed by atoms with Crippen molar-refractivity contribution in [2.24, 2.45) is 5.92 Å². The average molecular weight is 396 g/mol. The standard InChI is InChI=1S/C18H22ClN3O3S/c1-12-4-7-15(19)10-16(12)26(23,24)22-8-2-3-13(11-22)9-17-20-18(21-25-17)14-5-6-14/h4,7,10,13-14H,2-3,5-6,8-9,11H2,1H3. The fourth-order valence-electron chi connectivity index (χ4n) is 3.51. The summed E-state index contributed by atoms with van der Waals surface area (Å²) in [5.41, 5.74) is 0.711. The molecule has 1 unspecified atom stereocenters. The number of hydrogen-bond acceptors (Lipinski definition) is 5. The summed E-state index contributed by atoms with van der Waals surface area (Å²) in [5, 5.41) is 4.48. The van der Waals surface area contributed by atoms with Gasteiger partial charge in [-0.3, -0.25) is 0 Å².